The van der Waals surface area contributed by atoms with Gasteiger partial charge in [0.05, 0.1) is 0 Å². The summed E-state index contributed by atoms with van der Waals surface area (Å²) in [7, 11) is 0. The van der Waals surface area contributed by atoms with Gasteiger partial charge in [0.25, 0.3) is 5.56 Å². The van der Waals surface area contributed by atoms with Gasteiger partial charge >= 0.3 is 0 Å². The van der Waals surface area contributed by atoms with Gasteiger partial charge in [-0.25, -0.2) is 4.98 Å². The minimum Gasteiger partial charge on any atom is -0.361 e. The molecule has 1 heterocycles. The monoisotopic (exact) mass is 333 g/mol. The second-order valence-corrected chi connectivity index (χ2v) is 6.54. The van der Waals surface area contributed by atoms with Crippen molar-refractivity contribution in [1.82, 2.24) is 9.55 Å². The first-order valence-corrected chi connectivity index (χ1v) is 8.52. The maximum atomic E-state index is 12.7. The smallest absolute Gasteiger partial charge is 0.297 e. The molecule has 4 heteroatoms. The standard InChI is InChI=1S/C21H23N3O/c1-15(2)18-8-10-19(11-9-18)24-13-12-22-20(21(24)25)23-14-17-6-4-16(3)5-7-17/h4-13,15H,14H2,1-3H3,(H,22,23). The highest BCUT2D eigenvalue weighted by Gasteiger charge is 2.07. The predicted octanol–water partition coefficient (Wildman–Crippen LogP) is 4.28. The molecule has 1 aromatic heterocycles. The van der Waals surface area contributed by atoms with Gasteiger partial charge in [-0.15, -0.1) is 0 Å². The first-order chi connectivity index (χ1) is 12.0. The fourth-order valence-electron chi connectivity index (χ4n) is 2.65. The molecule has 0 aliphatic rings. The lowest BCUT2D eigenvalue weighted by Crippen LogP contribution is -2.23. The van der Waals surface area contributed by atoms with Crippen LogP contribution in [0.3, 0.4) is 0 Å². The Morgan fingerprint density at radius 1 is 1.04 bits per heavy atom. The van der Waals surface area contributed by atoms with Gasteiger partial charge in [-0.1, -0.05) is 55.8 Å². The van der Waals surface area contributed by atoms with Crippen LogP contribution in [0.1, 0.15) is 36.5 Å². The van der Waals surface area contributed by atoms with E-state index in [1.54, 1.807) is 17.0 Å². The maximum Gasteiger partial charge on any atom is 0.297 e. The van der Waals surface area contributed by atoms with Crippen LogP contribution in [-0.4, -0.2) is 9.55 Å². The van der Waals surface area contributed by atoms with Gasteiger partial charge in [-0.3, -0.25) is 9.36 Å². The van der Waals surface area contributed by atoms with E-state index in [9.17, 15) is 4.79 Å². The number of benzene rings is 2. The van der Waals surface area contributed by atoms with Crippen molar-refractivity contribution in [1.29, 1.82) is 0 Å². The summed E-state index contributed by atoms with van der Waals surface area (Å²) in [4.78, 5) is 16.9. The summed E-state index contributed by atoms with van der Waals surface area (Å²) in [6.07, 6.45) is 3.35. The largest absolute Gasteiger partial charge is 0.361 e. The van der Waals surface area contributed by atoms with Crippen LogP contribution in [0.5, 0.6) is 0 Å². The SMILES string of the molecule is Cc1ccc(CNc2nccn(-c3ccc(C(C)C)cc3)c2=O)cc1. The average Bonchev–Trinajstić information content (AvgIpc) is 2.62. The molecular weight excluding hydrogens is 310 g/mol. The number of aromatic nitrogens is 2. The van der Waals surface area contributed by atoms with E-state index in [0.29, 0.717) is 18.3 Å². The van der Waals surface area contributed by atoms with Crippen LogP contribution in [0.15, 0.2) is 65.7 Å². The highest BCUT2D eigenvalue weighted by atomic mass is 16.1. The summed E-state index contributed by atoms with van der Waals surface area (Å²) in [5, 5.41) is 3.14. The molecule has 0 saturated heterocycles. The predicted molar refractivity (Wildman–Crippen MR) is 102 cm³/mol. The molecule has 0 amide bonds. The van der Waals surface area contributed by atoms with Gasteiger partial charge in [0.2, 0.25) is 0 Å². The lowest BCUT2D eigenvalue weighted by molar-refractivity contribution is 0.863. The molecule has 0 aliphatic carbocycles. The molecule has 0 unspecified atom stereocenters. The average molecular weight is 333 g/mol. The van der Waals surface area contributed by atoms with Crippen molar-refractivity contribution in [2.75, 3.05) is 5.32 Å². The van der Waals surface area contributed by atoms with Gasteiger partial charge in [0.1, 0.15) is 0 Å². The van der Waals surface area contributed by atoms with Crippen molar-refractivity contribution >= 4 is 5.82 Å². The fourth-order valence-corrected chi connectivity index (χ4v) is 2.65. The fraction of sp³-hybridized carbons (Fsp3) is 0.238. The molecule has 4 nitrogen and oxygen atoms in total. The number of anilines is 1. The molecule has 0 radical (unpaired) electrons. The third kappa shape index (κ3) is 3.97. The Hall–Kier alpha value is -2.88. The van der Waals surface area contributed by atoms with Gasteiger partial charge in [0, 0.05) is 24.6 Å². The zero-order valence-electron chi connectivity index (χ0n) is 14.9. The van der Waals surface area contributed by atoms with E-state index in [1.807, 2.05) is 12.1 Å². The van der Waals surface area contributed by atoms with Crippen LogP contribution < -0.4 is 10.9 Å². The molecule has 0 bridgehead atoms. The summed E-state index contributed by atoms with van der Waals surface area (Å²) in [6.45, 7) is 6.93. The van der Waals surface area contributed by atoms with Gasteiger partial charge in [-0.2, -0.15) is 0 Å². The number of hydrogen-bond acceptors (Lipinski definition) is 3. The normalized spacial score (nSPS) is 10.9. The molecular formula is C21H23N3O. The molecule has 0 atom stereocenters. The van der Waals surface area contributed by atoms with Crippen LogP contribution in [-0.2, 0) is 6.54 Å². The Bertz CT molecular complexity index is 894. The van der Waals surface area contributed by atoms with E-state index < -0.39 is 0 Å². The van der Waals surface area contributed by atoms with Crippen molar-refractivity contribution in [2.24, 2.45) is 0 Å². The van der Waals surface area contributed by atoms with E-state index in [1.165, 1.54) is 11.1 Å². The molecule has 1 N–H and O–H groups in total. The van der Waals surface area contributed by atoms with E-state index in [4.69, 9.17) is 0 Å². The van der Waals surface area contributed by atoms with Gasteiger partial charge < -0.3 is 5.32 Å². The Labute approximate surface area is 148 Å². The first-order valence-electron chi connectivity index (χ1n) is 8.52. The molecule has 3 rings (SSSR count). The minimum absolute atomic E-state index is 0.146. The summed E-state index contributed by atoms with van der Waals surface area (Å²) in [6, 6.07) is 16.3. The number of nitrogens with zero attached hydrogens (tertiary/aromatic N) is 2. The molecule has 0 aliphatic heterocycles. The number of nitrogens with one attached hydrogen (secondary N) is 1. The molecule has 2 aromatic carbocycles. The van der Waals surface area contributed by atoms with Crippen molar-refractivity contribution in [3.63, 3.8) is 0 Å². The van der Waals surface area contributed by atoms with E-state index in [-0.39, 0.29) is 5.56 Å². The Balaban J connectivity index is 1.82. The van der Waals surface area contributed by atoms with Gasteiger partial charge in [-0.05, 0) is 36.1 Å². The van der Waals surface area contributed by atoms with Crippen molar-refractivity contribution in [3.05, 3.63) is 88.0 Å². The summed E-state index contributed by atoms with van der Waals surface area (Å²) in [5.41, 5.74) is 4.28. The maximum absolute atomic E-state index is 12.7. The Morgan fingerprint density at radius 3 is 2.36 bits per heavy atom. The van der Waals surface area contributed by atoms with Crippen molar-refractivity contribution in [2.45, 2.75) is 33.2 Å². The molecule has 0 saturated carbocycles. The quantitative estimate of drug-likeness (QED) is 0.758. The molecule has 25 heavy (non-hydrogen) atoms. The van der Waals surface area contributed by atoms with E-state index in [0.717, 1.165) is 11.3 Å². The van der Waals surface area contributed by atoms with Crippen molar-refractivity contribution in [3.8, 4) is 5.69 Å². The summed E-state index contributed by atoms with van der Waals surface area (Å²) >= 11 is 0. The zero-order valence-corrected chi connectivity index (χ0v) is 14.9. The molecule has 0 spiro atoms. The minimum atomic E-state index is -0.146. The van der Waals surface area contributed by atoms with E-state index >= 15 is 0 Å². The van der Waals surface area contributed by atoms with Crippen LogP contribution >= 0.6 is 0 Å². The third-order valence-electron chi connectivity index (χ3n) is 4.26. The summed E-state index contributed by atoms with van der Waals surface area (Å²) < 4.78 is 1.62. The number of aryl methyl sites for hydroxylation is 1. The zero-order chi connectivity index (χ0) is 17.8. The van der Waals surface area contributed by atoms with Crippen LogP contribution in [0.25, 0.3) is 5.69 Å². The lowest BCUT2D eigenvalue weighted by Gasteiger charge is -2.11. The first kappa shape index (κ1) is 17.0. The number of hydrogen-bond donors (Lipinski definition) is 1. The molecule has 3 aromatic rings. The topological polar surface area (TPSA) is 46.9 Å². The Morgan fingerprint density at radius 2 is 1.72 bits per heavy atom. The second kappa shape index (κ2) is 7.34. The van der Waals surface area contributed by atoms with Crippen molar-refractivity contribution < 1.29 is 0 Å². The summed E-state index contributed by atoms with van der Waals surface area (Å²) in [5.74, 6) is 0.825. The highest BCUT2D eigenvalue weighted by molar-refractivity contribution is 5.40. The second-order valence-electron chi connectivity index (χ2n) is 6.54. The lowest BCUT2D eigenvalue weighted by atomic mass is 10.0. The van der Waals surface area contributed by atoms with E-state index in [2.05, 4.69) is 67.5 Å². The van der Waals surface area contributed by atoms with Crippen LogP contribution in [0.2, 0.25) is 0 Å². The third-order valence-corrected chi connectivity index (χ3v) is 4.26. The highest BCUT2D eigenvalue weighted by Crippen LogP contribution is 2.16. The molecule has 0 fully saturated rings. The molecule has 128 valence electrons. The number of rotatable bonds is 5. The van der Waals surface area contributed by atoms with Gasteiger partial charge in [0.15, 0.2) is 5.82 Å². The van der Waals surface area contributed by atoms with Crippen LogP contribution in [0.4, 0.5) is 5.82 Å². The van der Waals surface area contributed by atoms with Crippen LogP contribution in [0, 0.1) is 6.92 Å². The Kier molecular flexibility index (Phi) is 4.98.